The third kappa shape index (κ3) is 3.25. The molecule has 26 heavy (non-hydrogen) atoms. The number of hydrogen-bond donors (Lipinski definition) is 4. The first-order chi connectivity index (χ1) is 12.7. The summed E-state index contributed by atoms with van der Waals surface area (Å²) in [5.41, 5.74) is 3.39. The average molecular weight is 348 g/mol. The van der Waals surface area contributed by atoms with Gasteiger partial charge in [-0.1, -0.05) is 12.1 Å². The van der Waals surface area contributed by atoms with E-state index in [4.69, 9.17) is 0 Å². The highest BCUT2D eigenvalue weighted by molar-refractivity contribution is 6.06. The van der Waals surface area contributed by atoms with E-state index in [0.29, 0.717) is 35.7 Å². The van der Waals surface area contributed by atoms with Gasteiger partial charge in [-0.05, 0) is 30.3 Å². The van der Waals surface area contributed by atoms with Gasteiger partial charge in [-0.25, -0.2) is 4.98 Å². The van der Waals surface area contributed by atoms with Gasteiger partial charge >= 0.3 is 0 Å². The largest absolute Gasteiger partial charge is 0.383 e. The molecule has 2 amide bonds. The molecule has 1 aliphatic heterocycles. The highest BCUT2D eigenvalue weighted by Crippen LogP contribution is 2.26. The molecule has 8 heteroatoms. The molecule has 2 aromatic carbocycles. The lowest BCUT2D eigenvalue weighted by Gasteiger charge is -2.11. The van der Waals surface area contributed by atoms with Crippen LogP contribution < -0.4 is 16.0 Å². The molecule has 130 valence electrons. The number of nitrogens with one attached hydrogen (secondary N) is 4. The number of aromatic amines is 1. The van der Waals surface area contributed by atoms with E-state index in [9.17, 15) is 9.59 Å². The van der Waals surface area contributed by atoms with E-state index in [1.807, 2.05) is 18.2 Å². The van der Waals surface area contributed by atoms with E-state index in [1.54, 1.807) is 24.3 Å². The maximum atomic E-state index is 12.6. The molecule has 0 bridgehead atoms. The number of rotatable bonds is 3. The van der Waals surface area contributed by atoms with Gasteiger partial charge in [-0.2, -0.15) is 5.10 Å². The number of nitrogens with zero attached hydrogens (tertiary/aromatic N) is 2. The summed E-state index contributed by atoms with van der Waals surface area (Å²) in [6, 6.07) is 12.5. The lowest BCUT2D eigenvalue weighted by atomic mass is 10.1. The summed E-state index contributed by atoms with van der Waals surface area (Å²) in [7, 11) is 0. The van der Waals surface area contributed by atoms with E-state index in [0.717, 1.165) is 11.3 Å². The number of aromatic nitrogens is 3. The Morgan fingerprint density at radius 2 is 2.04 bits per heavy atom. The molecule has 0 saturated carbocycles. The Morgan fingerprint density at radius 1 is 1.12 bits per heavy atom. The van der Waals surface area contributed by atoms with Crippen LogP contribution >= 0.6 is 0 Å². The minimum absolute atomic E-state index is 0.0438. The molecular formula is C18H16N6O2. The van der Waals surface area contributed by atoms with Gasteiger partial charge in [0.15, 0.2) is 5.82 Å². The first-order valence-electron chi connectivity index (χ1n) is 8.14. The standard InChI is InChI=1S/C18H16N6O2/c25-16-6-7-19-15-9-12(4-5-14(15)23-16)18(26)22-13-3-1-2-11(8-13)17-20-10-21-24-17/h1-5,8-10,19H,6-7H2,(H,22,26)(H,23,25)(H,20,21,24). The Balaban J connectivity index is 1.55. The van der Waals surface area contributed by atoms with Crippen LogP contribution in [-0.2, 0) is 4.79 Å². The van der Waals surface area contributed by atoms with E-state index < -0.39 is 0 Å². The van der Waals surface area contributed by atoms with Crippen LogP contribution in [-0.4, -0.2) is 33.5 Å². The van der Waals surface area contributed by atoms with Crippen LogP contribution in [0, 0.1) is 0 Å². The van der Waals surface area contributed by atoms with Crippen molar-refractivity contribution in [3.63, 3.8) is 0 Å². The number of H-pyrrole nitrogens is 1. The normalized spacial score (nSPS) is 13.2. The van der Waals surface area contributed by atoms with Crippen LogP contribution in [0.4, 0.5) is 17.1 Å². The number of hydrogen-bond acceptors (Lipinski definition) is 5. The van der Waals surface area contributed by atoms with Crippen molar-refractivity contribution in [3.05, 3.63) is 54.4 Å². The van der Waals surface area contributed by atoms with Gasteiger partial charge < -0.3 is 16.0 Å². The van der Waals surface area contributed by atoms with Crippen molar-refractivity contribution in [2.24, 2.45) is 0 Å². The molecule has 0 aliphatic carbocycles. The second kappa shape index (κ2) is 6.67. The molecule has 0 spiro atoms. The molecule has 3 aromatic rings. The Kier molecular flexibility index (Phi) is 4.06. The highest BCUT2D eigenvalue weighted by Gasteiger charge is 2.15. The second-order valence-corrected chi connectivity index (χ2v) is 5.85. The minimum atomic E-state index is -0.236. The van der Waals surface area contributed by atoms with E-state index >= 15 is 0 Å². The van der Waals surface area contributed by atoms with E-state index in [1.165, 1.54) is 6.33 Å². The van der Waals surface area contributed by atoms with E-state index in [-0.39, 0.29) is 11.8 Å². The van der Waals surface area contributed by atoms with E-state index in [2.05, 4.69) is 31.1 Å². The molecule has 0 fully saturated rings. The summed E-state index contributed by atoms with van der Waals surface area (Å²) in [6.07, 6.45) is 1.83. The zero-order valence-electron chi connectivity index (χ0n) is 13.7. The summed E-state index contributed by atoms with van der Waals surface area (Å²) < 4.78 is 0. The van der Waals surface area contributed by atoms with Gasteiger partial charge in [0, 0.05) is 29.8 Å². The van der Waals surface area contributed by atoms with Crippen molar-refractivity contribution in [1.82, 2.24) is 15.2 Å². The van der Waals surface area contributed by atoms with Crippen molar-refractivity contribution in [2.45, 2.75) is 6.42 Å². The summed E-state index contributed by atoms with van der Waals surface area (Å²) in [5, 5.41) is 15.5. The summed E-state index contributed by atoms with van der Waals surface area (Å²) >= 11 is 0. The van der Waals surface area contributed by atoms with Crippen LogP contribution in [0.5, 0.6) is 0 Å². The van der Waals surface area contributed by atoms with Gasteiger partial charge in [0.2, 0.25) is 5.91 Å². The van der Waals surface area contributed by atoms with Crippen LogP contribution in [0.2, 0.25) is 0 Å². The van der Waals surface area contributed by atoms with Crippen LogP contribution in [0.25, 0.3) is 11.4 Å². The molecule has 4 N–H and O–H groups in total. The first kappa shape index (κ1) is 15.8. The SMILES string of the molecule is O=C1CCNc2cc(C(=O)Nc3cccc(-c4ncn[nH]4)c3)ccc2N1. The zero-order chi connectivity index (χ0) is 17.9. The minimum Gasteiger partial charge on any atom is -0.383 e. The number of carbonyl (C=O) groups is 2. The van der Waals surface area contributed by atoms with Crippen molar-refractivity contribution in [2.75, 3.05) is 22.5 Å². The van der Waals surface area contributed by atoms with Crippen LogP contribution in [0.3, 0.4) is 0 Å². The molecule has 0 radical (unpaired) electrons. The molecular weight excluding hydrogens is 332 g/mol. The van der Waals surface area contributed by atoms with Gasteiger partial charge in [0.25, 0.3) is 5.91 Å². The second-order valence-electron chi connectivity index (χ2n) is 5.85. The topological polar surface area (TPSA) is 112 Å². The lowest BCUT2D eigenvalue weighted by Crippen LogP contribution is -2.13. The fraction of sp³-hybridized carbons (Fsp3) is 0.111. The molecule has 4 rings (SSSR count). The quantitative estimate of drug-likeness (QED) is 0.581. The zero-order valence-corrected chi connectivity index (χ0v) is 13.7. The smallest absolute Gasteiger partial charge is 0.255 e. The Morgan fingerprint density at radius 3 is 2.88 bits per heavy atom. The van der Waals surface area contributed by atoms with Crippen molar-refractivity contribution < 1.29 is 9.59 Å². The monoisotopic (exact) mass is 348 g/mol. The Hall–Kier alpha value is -3.68. The highest BCUT2D eigenvalue weighted by atomic mass is 16.2. The predicted octanol–water partition coefficient (Wildman–Crippen LogP) is 2.48. The fourth-order valence-electron chi connectivity index (χ4n) is 2.76. The number of fused-ring (bicyclic) bond motifs is 1. The van der Waals surface area contributed by atoms with Crippen LogP contribution in [0.15, 0.2) is 48.8 Å². The Labute approximate surface area is 149 Å². The van der Waals surface area contributed by atoms with Gasteiger partial charge in [-0.15, -0.1) is 0 Å². The number of benzene rings is 2. The van der Waals surface area contributed by atoms with Gasteiger partial charge in [0.1, 0.15) is 6.33 Å². The van der Waals surface area contributed by atoms with Gasteiger partial charge in [-0.3, -0.25) is 14.7 Å². The third-order valence-corrected chi connectivity index (χ3v) is 4.03. The number of carbonyl (C=O) groups excluding carboxylic acids is 2. The summed E-state index contributed by atoms with van der Waals surface area (Å²) in [5.74, 6) is 0.351. The molecule has 0 unspecified atom stereocenters. The molecule has 1 aromatic heterocycles. The first-order valence-corrected chi connectivity index (χ1v) is 8.14. The maximum absolute atomic E-state index is 12.6. The van der Waals surface area contributed by atoms with Crippen molar-refractivity contribution in [1.29, 1.82) is 0 Å². The number of amides is 2. The van der Waals surface area contributed by atoms with Crippen molar-refractivity contribution in [3.8, 4) is 11.4 Å². The molecule has 2 heterocycles. The Bertz CT molecular complexity index is 968. The third-order valence-electron chi connectivity index (χ3n) is 4.03. The maximum Gasteiger partial charge on any atom is 0.255 e. The number of anilines is 3. The predicted molar refractivity (Wildman–Crippen MR) is 98.0 cm³/mol. The lowest BCUT2D eigenvalue weighted by molar-refractivity contribution is -0.115. The fourth-order valence-corrected chi connectivity index (χ4v) is 2.76. The van der Waals surface area contributed by atoms with Gasteiger partial charge in [0.05, 0.1) is 11.4 Å². The summed E-state index contributed by atoms with van der Waals surface area (Å²) in [4.78, 5) is 28.3. The molecule has 0 saturated heterocycles. The summed E-state index contributed by atoms with van der Waals surface area (Å²) in [6.45, 7) is 0.531. The van der Waals surface area contributed by atoms with Crippen LogP contribution in [0.1, 0.15) is 16.8 Å². The van der Waals surface area contributed by atoms with Crippen molar-refractivity contribution >= 4 is 28.9 Å². The molecule has 1 aliphatic rings. The average Bonchev–Trinajstić information content (AvgIpc) is 3.11. The molecule has 0 atom stereocenters. The molecule has 8 nitrogen and oxygen atoms in total.